The van der Waals surface area contributed by atoms with Gasteiger partial charge in [0.15, 0.2) is 17.5 Å². The lowest BCUT2D eigenvalue weighted by molar-refractivity contribution is 1.08. The molecule has 0 saturated heterocycles. The Labute approximate surface area is 282 Å². The predicted molar refractivity (Wildman–Crippen MR) is 197 cm³/mol. The van der Waals surface area contributed by atoms with Gasteiger partial charge in [-0.2, -0.15) is 0 Å². The van der Waals surface area contributed by atoms with Gasteiger partial charge in [0.1, 0.15) is 0 Å². The molecule has 7 aromatic carbocycles. The molecule has 0 saturated carbocycles. The zero-order valence-corrected chi connectivity index (χ0v) is 25.8. The van der Waals surface area contributed by atoms with E-state index < -0.39 is 0 Å². The summed E-state index contributed by atoms with van der Waals surface area (Å²) in [6.45, 7) is 0. The molecule has 3 nitrogen and oxygen atoms in total. The molecule has 2 aromatic heterocycles. The molecule has 0 aliphatic heterocycles. The number of benzene rings is 7. The van der Waals surface area contributed by atoms with E-state index >= 15 is 0 Å². The number of nitrogens with zero attached hydrogens (tertiary/aromatic N) is 3. The number of fused-ring (bicyclic) bond motifs is 4. The van der Waals surface area contributed by atoms with E-state index in [9.17, 15) is 0 Å². The minimum Gasteiger partial charge on any atom is -0.208 e. The Bertz CT molecular complexity index is 2780. The molecule has 0 bridgehead atoms. The highest BCUT2D eigenvalue weighted by atomic mass is 32.1. The minimum atomic E-state index is -0.208. The molecule has 2 heterocycles. The Morgan fingerprint density at radius 2 is 0.979 bits per heavy atom. The Morgan fingerprint density at radius 3 is 1.85 bits per heavy atom. The van der Waals surface area contributed by atoms with Crippen LogP contribution in [0.4, 0.5) is 0 Å². The number of hydrogen-bond acceptors (Lipinski definition) is 4. The van der Waals surface area contributed by atoms with Crippen molar-refractivity contribution in [2.45, 2.75) is 0 Å². The molecule has 0 N–H and O–H groups in total. The zero-order chi connectivity index (χ0) is 34.6. The van der Waals surface area contributed by atoms with Gasteiger partial charge < -0.3 is 0 Å². The second kappa shape index (κ2) is 11.4. The van der Waals surface area contributed by atoms with Gasteiger partial charge in [-0.05, 0) is 51.2 Å². The molecule has 0 radical (unpaired) electrons. The highest BCUT2D eigenvalue weighted by molar-refractivity contribution is 7.25. The van der Waals surface area contributed by atoms with Crippen LogP contribution in [0.15, 0.2) is 164 Å². The molecule has 4 heteroatoms. The number of rotatable bonds is 5. The van der Waals surface area contributed by atoms with E-state index in [4.69, 9.17) is 20.4 Å². The second-order valence-corrected chi connectivity index (χ2v) is 12.4. The highest BCUT2D eigenvalue weighted by Crippen LogP contribution is 2.40. The average molecular weight is 622 g/mol. The molecule has 0 aliphatic carbocycles. The maximum Gasteiger partial charge on any atom is 0.164 e. The van der Waals surface area contributed by atoms with Crippen molar-refractivity contribution >= 4 is 42.3 Å². The van der Waals surface area contributed by atoms with Crippen LogP contribution >= 0.6 is 11.3 Å². The molecular weight excluding hydrogens is 591 g/mol. The van der Waals surface area contributed by atoms with Crippen molar-refractivity contribution < 1.29 is 5.48 Å². The molecule has 47 heavy (non-hydrogen) atoms. The van der Waals surface area contributed by atoms with E-state index in [0.29, 0.717) is 17.2 Å². The van der Waals surface area contributed by atoms with E-state index in [1.165, 1.54) is 20.2 Å². The van der Waals surface area contributed by atoms with Gasteiger partial charge in [0.05, 0.1) is 5.48 Å². The van der Waals surface area contributed by atoms with Crippen LogP contribution in [0.3, 0.4) is 0 Å². The summed E-state index contributed by atoms with van der Waals surface area (Å²) in [5.41, 5.74) is 4.50. The topological polar surface area (TPSA) is 38.7 Å². The number of hydrogen-bond donors (Lipinski definition) is 0. The molecule has 0 fully saturated rings. The van der Waals surface area contributed by atoms with Gasteiger partial charge in [-0.15, -0.1) is 11.3 Å². The van der Waals surface area contributed by atoms with Gasteiger partial charge >= 0.3 is 0 Å². The smallest absolute Gasteiger partial charge is 0.164 e. The molecule has 0 atom stereocenters. The molecule has 9 rings (SSSR count). The standard InChI is InChI=1S/C43H27N3S/c1-2-11-28(12-3-1)29-23-25-31(26-24-29)41-44-42(46-43(45-41)36-20-9-14-30-13-4-5-17-34(30)36)33-16-8-15-32(27-33)35-19-10-22-39-40(35)37-18-6-7-21-38(37)47-39/h1-27H/i23D,24D,25D,26D. The van der Waals surface area contributed by atoms with Crippen LogP contribution in [-0.2, 0) is 0 Å². The van der Waals surface area contributed by atoms with E-state index in [0.717, 1.165) is 33.0 Å². The van der Waals surface area contributed by atoms with Crippen LogP contribution in [0.5, 0.6) is 0 Å². The van der Waals surface area contributed by atoms with E-state index in [2.05, 4.69) is 54.6 Å². The van der Waals surface area contributed by atoms with Gasteiger partial charge in [-0.3, -0.25) is 0 Å². The summed E-state index contributed by atoms with van der Waals surface area (Å²) in [5, 5.41) is 4.38. The van der Waals surface area contributed by atoms with Gasteiger partial charge in [0.2, 0.25) is 0 Å². The average Bonchev–Trinajstić information content (AvgIpc) is 3.56. The first-order valence-corrected chi connectivity index (χ1v) is 16.2. The monoisotopic (exact) mass is 621 g/mol. The van der Waals surface area contributed by atoms with Gasteiger partial charge in [-0.1, -0.05) is 145 Å². The number of aromatic nitrogens is 3. The highest BCUT2D eigenvalue weighted by Gasteiger charge is 2.16. The van der Waals surface area contributed by atoms with Crippen molar-refractivity contribution in [1.29, 1.82) is 0 Å². The zero-order valence-electron chi connectivity index (χ0n) is 29.0. The maximum atomic E-state index is 9.13. The first kappa shape index (κ1) is 23.4. The van der Waals surface area contributed by atoms with Crippen molar-refractivity contribution in [1.82, 2.24) is 15.0 Å². The summed E-state index contributed by atoms with van der Waals surface area (Å²) >= 11 is 1.78. The first-order valence-electron chi connectivity index (χ1n) is 17.4. The lowest BCUT2D eigenvalue weighted by Crippen LogP contribution is -2.00. The molecule has 0 amide bonds. The molecular formula is C43H27N3S. The van der Waals surface area contributed by atoms with Crippen LogP contribution in [0.25, 0.3) is 87.4 Å². The van der Waals surface area contributed by atoms with E-state index in [1.54, 1.807) is 23.5 Å². The Hall–Kier alpha value is -5.97. The van der Waals surface area contributed by atoms with Gasteiger partial charge in [0.25, 0.3) is 0 Å². The van der Waals surface area contributed by atoms with Crippen molar-refractivity contribution in [3.05, 3.63) is 164 Å². The van der Waals surface area contributed by atoms with Crippen molar-refractivity contribution in [3.63, 3.8) is 0 Å². The fourth-order valence-electron chi connectivity index (χ4n) is 6.17. The summed E-state index contributed by atoms with van der Waals surface area (Å²) in [7, 11) is 0. The molecule has 0 spiro atoms. The fourth-order valence-corrected chi connectivity index (χ4v) is 7.30. The van der Waals surface area contributed by atoms with Gasteiger partial charge in [0, 0.05) is 36.9 Å². The molecule has 9 aromatic rings. The lowest BCUT2D eigenvalue weighted by Gasteiger charge is -2.12. The normalized spacial score (nSPS) is 12.6. The van der Waals surface area contributed by atoms with Gasteiger partial charge in [-0.25, -0.2) is 15.0 Å². The van der Waals surface area contributed by atoms with Crippen LogP contribution < -0.4 is 0 Å². The SMILES string of the molecule is [2H]c1c([2H])c(-c2nc(-c3cccc(-c4cccc5sc6ccccc6c45)c3)nc(-c3cccc4ccccc34)n2)c([2H])c([2H])c1-c1ccccc1. The summed E-state index contributed by atoms with van der Waals surface area (Å²) < 4.78 is 38.6. The van der Waals surface area contributed by atoms with E-state index in [-0.39, 0.29) is 41.1 Å². The van der Waals surface area contributed by atoms with Crippen LogP contribution in [-0.4, -0.2) is 15.0 Å². The molecule has 0 aliphatic rings. The third kappa shape index (κ3) is 4.96. The van der Waals surface area contributed by atoms with Crippen molar-refractivity contribution in [2.24, 2.45) is 0 Å². The maximum absolute atomic E-state index is 9.13. The first-order chi connectivity index (χ1) is 25.0. The minimum absolute atomic E-state index is 0.0282. The summed E-state index contributed by atoms with van der Waals surface area (Å²) in [5.74, 6) is 0.833. The predicted octanol–water partition coefficient (Wildman–Crippen LogP) is 11.7. The summed E-state index contributed by atoms with van der Waals surface area (Å²) in [4.78, 5) is 14.8. The lowest BCUT2D eigenvalue weighted by atomic mass is 9.98. The summed E-state index contributed by atoms with van der Waals surface area (Å²) in [6.07, 6.45) is 0. The third-order valence-electron chi connectivity index (χ3n) is 8.41. The second-order valence-electron chi connectivity index (χ2n) is 11.3. The number of thiophene rings is 1. The van der Waals surface area contributed by atoms with Crippen molar-refractivity contribution in [3.8, 4) is 56.4 Å². The fraction of sp³-hybridized carbons (Fsp3) is 0. The Balaban J connectivity index is 1.28. The van der Waals surface area contributed by atoms with E-state index in [1.807, 2.05) is 72.8 Å². The van der Waals surface area contributed by atoms with Crippen LogP contribution in [0.1, 0.15) is 5.48 Å². The van der Waals surface area contributed by atoms with Crippen LogP contribution in [0.2, 0.25) is 0 Å². The Morgan fingerprint density at radius 1 is 0.404 bits per heavy atom. The molecule has 220 valence electrons. The van der Waals surface area contributed by atoms with Crippen molar-refractivity contribution in [2.75, 3.05) is 0 Å². The third-order valence-corrected chi connectivity index (χ3v) is 9.55. The van der Waals surface area contributed by atoms with Crippen LogP contribution in [0, 0.1) is 0 Å². The Kier molecular flexibility index (Phi) is 5.69. The molecule has 0 unspecified atom stereocenters. The summed E-state index contributed by atoms with van der Waals surface area (Å²) in [6, 6.07) is 45.2. The quantitative estimate of drug-likeness (QED) is 0.192. The largest absolute Gasteiger partial charge is 0.208 e.